The topological polar surface area (TPSA) is 128 Å². The van der Waals surface area contributed by atoms with Gasteiger partial charge in [0.1, 0.15) is 23.7 Å². The second-order valence-corrected chi connectivity index (χ2v) is 13.9. The first kappa shape index (κ1) is 34.9. The molecule has 2 aliphatic heterocycles. The quantitative estimate of drug-likeness (QED) is 0.434. The molecule has 46 heavy (non-hydrogen) atoms. The Kier molecular flexibility index (Phi) is 11.5. The zero-order valence-corrected chi connectivity index (χ0v) is 28.7. The van der Waals surface area contributed by atoms with Crippen molar-refractivity contribution >= 4 is 45.7 Å². The molecule has 0 unspecified atom stereocenters. The first-order valence-electron chi connectivity index (χ1n) is 15.7. The van der Waals surface area contributed by atoms with Crippen LogP contribution in [0.25, 0.3) is 0 Å². The van der Waals surface area contributed by atoms with E-state index in [0.717, 1.165) is 15.6 Å². The number of amides is 5. The van der Waals surface area contributed by atoms with Gasteiger partial charge in [-0.3, -0.25) is 24.1 Å². The average Bonchev–Trinajstić information content (AvgIpc) is 3.43. The molecule has 2 fully saturated rings. The van der Waals surface area contributed by atoms with Crippen LogP contribution in [0.5, 0.6) is 0 Å². The molecular formula is C34H44BrN5O6. The number of halogens is 1. The summed E-state index contributed by atoms with van der Waals surface area (Å²) in [7, 11) is 1.45. The summed E-state index contributed by atoms with van der Waals surface area (Å²) in [5.41, 5.74) is 1.01. The summed E-state index contributed by atoms with van der Waals surface area (Å²) in [4.78, 5) is 71.8. The number of nitrogens with one attached hydrogen (secondary N) is 2. The summed E-state index contributed by atoms with van der Waals surface area (Å²) in [5, 5.41) is 5.78. The van der Waals surface area contributed by atoms with Crippen LogP contribution < -0.4 is 10.6 Å². The molecule has 2 N–H and O–H groups in total. The number of hydrogen-bond donors (Lipinski definition) is 2. The van der Waals surface area contributed by atoms with Gasteiger partial charge in [0.25, 0.3) is 0 Å². The van der Waals surface area contributed by atoms with Crippen LogP contribution in [0, 0.1) is 0 Å². The van der Waals surface area contributed by atoms with Crippen molar-refractivity contribution in [1.82, 2.24) is 25.3 Å². The molecular weight excluding hydrogens is 654 g/mol. The van der Waals surface area contributed by atoms with E-state index in [0.29, 0.717) is 32.4 Å². The molecule has 0 spiro atoms. The van der Waals surface area contributed by atoms with Crippen molar-refractivity contribution < 1.29 is 28.7 Å². The van der Waals surface area contributed by atoms with Crippen LogP contribution in [-0.2, 0) is 36.9 Å². The Balaban J connectivity index is 1.53. The van der Waals surface area contributed by atoms with E-state index in [1.807, 2.05) is 54.6 Å². The Morgan fingerprint density at radius 2 is 1.67 bits per heavy atom. The molecule has 2 aromatic rings. The summed E-state index contributed by atoms with van der Waals surface area (Å²) >= 11 is 3.41. The van der Waals surface area contributed by atoms with Gasteiger partial charge in [0.05, 0.1) is 6.42 Å². The molecule has 2 saturated heterocycles. The predicted molar refractivity (Wildman–Crippen MR) is 176 cm³/mol. The van der Waals surface area contributed by atoms with Gasteiger partial charge in [0, 0.05) is 37.2 Å². The van der Waals surface area contributed by atoms with Crippen LogP contribution in [0.4, 0.5) is 4.79 Å². The van der Waals surface area contributed by atoms with Crippen molar-refractivity contribution in [2.45, 2.75) is 89.7 Å². The Labute approximate surface area is 279 Å². The molecule has 4 rings (SSSR count). The zero-order valence-electron chi connectivity index (χ0n) is 27.1. The predicted octanol–water partition coefficient (Wildman–Crippen LogP) is 3.64. The van der Waals surface area contributed by atoms with E-state index < -0.39 is 41.6 Å². The Morgan fingerprint density at radius 3 is 2.33 bits per heavy atom. The van der Waals surface area contributed by atoms with Crippen molar-refractivity contribution in [2.24, 2.45) is 0 Å². The molecule has 0 bridgehead atoms. The number of likely N-dealkylation sites (N-methyl/N-ethyl adjacent to an activating group) is 1. The fourth-order valence-electron chi connectivity index (χ4n) is 5.72. The van der Waals surface area contributed by atoms with Gasteiger partial charge in [-0.2, -0.15) is 0 Å². The van der Waals surface area contributed by atoms with Crippen LogP contribution in [0.15, 0.2) is 59.1 Å². The lowest BCUT2D eigenvalue weighted by atomic mass is 10.0. The van der Waals surface area contributed by atoms with Crippen LogP contribution in [0.3, 0.4) is 0 Å². The van der Waals surface area contributed by atoms with Gasteiger partial charge in [-0.25, -0.2) is 4.79 Å². The normalized spacial score (nSPS) is 20.6. The minimum atomic E-state index is -1.12. The van der Waals surface area contributed by atoms with Crippen molar-refractivity contribution in [3.05, 3.63) is 70.2 Å². The number of hydrogen-bond acceptors (Lipinski definition) is 6. The van der Waals surface area contributed by atoms with E-state index >= 15 is 0 Å². The van der Waals surface area contributed by atoms with Crippen molar-refractivity contribution in [1.29, 1.82) is 0 Å². The number of fused-ring (bicyclic) bond motifs is 1. The summed E-state index contributed by atoms with van der Waals surface area (Å²) < 4.78 is 6.35. The van der Waals surface area contributed by atoms with Gasteiger partial charge < -0.3 is 25.2 Å². The third-order valence-corrected chi connectivity index (χ3v) is 8.91. The Morgan fingerprint density at radius 1 is 1.00 bits per heavy atom. The molecule has 2 aromatic carbocycles. The van der Waals surface area contributed by atoms with Gasteiger partial charge in [-0.1, -0.05) is 58.4 Å². The first-order chi connectivity index (χ1) is 21.7. The molecule has 0 saturated carbocycles. The van der Waals surface area contributed by atoms with Gasteiger partial charge in [0.15, 0.2) is 0 Å². The smallest absolute Gasteiger partial charge is 0.410 e. The Bertz CT molecular complexity index is 1410. The van der Waals surface area contributed by atoms with E-state index in [2.05, 4.69) is 26.6 Å². The first-order valence-corrected chi connectivity index (χ1v) is 16.4. The minimum absolute atomic E-state index is 0.0600. The second-order valence-electron chi connectivity index (χ2n) is 13.0. The summed E-state index contributed by atoms with van der Waals surface area (Å²) in [6.45, 7) is 7.36. The highest BCUT2D eigenvalue weighted by Crippen LogP contribution is 2.30. The molecule has 2 heterocycles. The van der Waals surface area contributed by atoms with Crippen LogP contribution >= 0.6 is 15.9 Å². The van der Waals surface area contributed by atoms with E-state index in [1.165, 1.54) is 11.9 Å². The maximum atomic E-state index is 14.3. The van der Waals surface area contributed by atoms with E-state index in [9.17, 15) is 24.0 Å². The highest BCUT2D eigenvalue weighted by atomic mass is 79.9. The van der Waals surface area contributed by atoms with E-state index in [-0.39, 0.29) is 30.8 Å². The molecule has 2 aliphatic rings. The number of benzene rings is 2. The zero-order chi connectivity index (χ0) is 33.6. The van der Waals surface area contributed by atoms with Gasteiger partial charge >= 0.3 is 6.09 Å². The number of ether oxygens (including phenoxy) is 1. The second kappa shape index (κ2) is 15.1. The number of nitrogens with zero attached hydrogens (tertiary/aromatic N) is 3. The van der Waals surface area contributed by atoms with Crippen molar-refractivity contribution in [3.63, 3.8) is 0 Å². The molecule has 248 valence electrons. The van der Waals surface area contributed by atoms with Crippen LogP contribution in [-0.4, -0.2) is 94.3 Å². The number of rotatable bonds is 8. The largest absolute Gasteiger partial charge is 0.444 e. The summed E-state index contributed by atoms with van der Waals surface area (Å²) in [5.74, 6) is -1.43. The molecule has 4 atom stereocenters. The molecule has 0 radical (unpaired) electrons. The fraction of sp³-hybridized carbons (Fsp3) is 0.500. The average molecular weight is 699 g/mol. The number of carbonyl (C=O) groups excluding carboxylic acids is 5. The van der Waals surface area contributed by atoms with Gasteiger partial charge in [-0.05, 0) is 70.2 Å². The lowest BCUT2D eigenvalue weighted by Gasteiger charge is -2.39. The van der Waals surface area contributed by atoms with E-state index in [4.69, 9.17) is 4.74 Å². The lowest BCUT2D eigenvalue weighted by Crippen LogP contribution is -2.62. The highest BCUT2D eigenvalue weighted by molar-refractivity contribution is 9.10. The monoisotopic (exact) mass is 697 g/mol. The van der Waals surface area contributed by atoms with Crippen molar-refractivity contribution in [2.75, 3.05) is 20.1 Å². The molecule has 0 aromatic heterocycles. The van der Waals surface area contributed by atoms with Crippen molar-refractivity contribution in [3.8, 4) is 0 Å². The van der Waals surface area contributed by atoms with Crippen LogP contribution in [0.2, 0.25) is 0 Å². The number of carbonyl (C=O) groups is 5. The molecule has 0 aliphatic carbocycles. The SMILES string of the molecule is C[C@H](C(=O)N[C@H]1CN(C(=O)Cc2ccccc2)CC[C@H]2CC[C@@H](C(=O)NCc3ccc(Br)cc3)N2C1=O)N(C)C(=O)OC(C)(C)C. The summed E-state index contributed by atoms with van der Waals surface area (Å²) in [6.07, 6.45) is 1.06. The standard InChI is InChI=1S/C34H44BrN5O6/c1-22(38(5)33(45)46-34(2,3)4)30(42)37-27-21-39(29(41)19-23-9-7-6-8-10-23)18-17-26-15-16-28(40(26)32(27)44)31(43)36-20-24-11-13-25(35)14-12-24/h6-14,22,26-28H,15-21H2,1-5H3,(H,36,43)(H,37,42)/t22-,26-,27+,28+/m1/s1. The highest BCUT2D eigenvalue weighted by Gasteiger charge is 2.45. The third kappa shape index (κ3) is 9.08. The fourth-order valence-corrected chi connectivity index (χ4v) is 5.98. The lowest BCUT2D eigenvalue weighted by molar-refractivity contribution is -0.147. The van der Waals surface area contributed by atoms with Gasteiger partial charge in [-0.15, -0.1) is 0 Å². The minimum Gasteiger partial charge on any atom is -0.444 e. The Hall–Kier alpha value is -3.93. The maximum Gasteiger partial charge on any atom is 0.410 e. The van der Waals surface area contributed by atoms with Crippen LogP contribution in [0.1, 0.15) is 58.1 Å². The molecule has 11 nitrogen and oxygen atoms in total. The maximum absolute atomic E-state index is 14.3. The summed E-state index contributed by atoms with van der Waals surface area (Å²) in [6, 6.07) is 13.9. The molecule has 5 amide bonds. The van der Waals surface area contributed by atoms with Gasteiger partial charge in [0.2, 0.25) is 23.6 Å². The molecule has 12 heteroatoms. The third-order valence-electron chi connectivity index (χ3n) is 8.38. The van der Waals surface area contributed by atoms with E-state index in [1.54, 1.807) is 37.5 Å².